The van der Waals surface area contributed by atoms with Gasteiger partial charge in [0, 0.05) is 11.6 Å². The van der Waals surface area contributed by atoms with E-state index in [0.717, 1.165) is 5.56 Å². The number of para-hydroxylation sites is 1. The third-order valence-corrected chi connectivity index (χ3v) is 3.99. The largest absolute Gasteiger partial charge is 0.496 e. The predicted octanol–water partition coefficient (Wildman–Crippen LogP) is 2.57. The molecule has 0 unspecified atom stereocenters. The van der Waals surface area contributed by atoms with E-state index in [-0.39, 0.29) is 5.78 Å². The molecule has 6 heteroatoms. The Kier molecular flexibility index (Phi) is 7.96. The first kappa shape index (κ1) is 20.9. The number of ether oxygens (including phenoxy) is 2. The molecular weight excluding hydrogens is 358 g/mol. The highest BCUT2D eigenvalue weighted by atomic mass is 16.5. The minimum atomic E-state index is -0.669. The molecule has 0 saturated carbocycles. The number of rotatable bonds is 9. The van der Waals surface area contributed by atoms with E-state index in [1.807, 2.05) is 42.5 Å². The molecule has 0 aliphatic carbocycles. The van der Waals surface area contributed by atoms with E-state index in [1.54, 1.807) is 18.2 Å². The van der Waals surface area contributed by atoms with Gasteiger partial charge in [-0.05, 0) is 31.1 Å². The first-order valence-electron chi connectivity index (χ1n) is 8.81. The molecule has 0 aromatic heterocycles. The Labute approximate surface area is 164 Å². The lowest BCUT2D eigenvalue weighted by atomic mass is 10.0. The van der Waals surface area contributed by atoms with Gasteiger partial charge in [0.1, 0.15) is 5.75 Å². The van der Waals surface area contributed by atoms with Crippen molar-refractivity contribution in [1.82, 2.24) is 5.32 Å². The van der Waals surface area contributed by atoms with Crippen molar-refractivity contribution in [2.45, 2.75) is 19.4 Å². The van der Waals surface area contributed by atoms with Crippen LogP contribution in [-0.4, -0.2) is 37.4 Å². The summed E-state index contributed by atoms with van der Waals surface area (Å²) >= 11 is 0. The quantitative estimate of drug-likeness (QED) is 0.533. The summed E-state index contributed by atoms with van der Waals surface area (Å²) in [5.74, 6) is -0.743. The van der Waals surface area contributed by atoms with E-state index in [0.29, 0.717) is 17.7 Å². The van der Waals surface area contributed by atoms with Crippen molar-refractivity contribution in [2.75, 3.05) is 13.7 Å². The van der Waals surface area contributed by atoms with Gasteiger partial charge in [0.05, 0.1) is 13.2 Å². The Hall–Kier alpha value is -3.41. The molecule has 28 heavy (non-hydrogen) atoms. The van der Waals surface area contributed by atoms with Crippen molar-refractivity contribution in [2.24, 2.45) is 0 Å². The van der Waals surface area contributed by atoms with Crippen LogP contribution in [0.4, 0.5) is 0 Å². The summed E-state index contributed by atoms with van der Waals surface area (Å²) in [6, 6.07) is 15.9. The highest BCUT2D eigenvalue weighted by Gasteiger charge is 2.18. The van der Waals surface area contributed by atoms with Crippen LogP contribution in [0.2, 0.25) is 0 Å². The fraction of sp³-hybridized carbons (Fsp3) is 0.227. The van der Waals surface area contributed by atoms with Gasteiger partial charge in [-0.3, -0.25) is 9.59 Å². The van der Waals surface area contributed by atoms with Crippen molar-refractivity contribution >= 4 is 23.7 Å². The van der Waals surface area contributed by atoms with Gasteiger partial charge in [-0.25, -0.2) is 4.79 Å². The van der Waals surface area contributed by atoms with Crippen LogP contribution in [0.1, 0.15) is 18.1 Å². The molecule has 0 aliphatic rings. The van der Waals surface area contributed by atoms with Crippen LogP contribution < -0.4 is 10.1 Å². The highest BCUT2D eigenvalue weighted by Crippen LogP contribution is 2.18. The lowest BCUT2D eigenvalue weighted by molar-refractivity contribution is -0.144. The van der Waals surface area contributed by atoms with Crippen molar-refractivity contribution in [1.29, 1.82) is 0 Å². The highest BCUT2D eigenvalue weighted by molar-refractivity contribution is 5.91. The predicted molar refractivity (Wildman–Crippen MR) is 106 cm³/mol. The SMILES string of the molecule is COc1ccccc1/C=C/C(=O)OCC(=O)N[C@@H](Cc1ccccc1)C(C)=O. The maximum absolute atomic E-state index is 12.0. The molecule has 6 nitrogen and oxygen atoms in total. The molecule has 0 fully saturated rings. The average Bonchev–Trinajstić information content (AvgIpc) is 2.71. The van der Waals surface area contributed by atoms with Gasteiger partial charge in [-0.2, -0.15) is 0 Å². The second kappa shape index (κ2) is 10.7. The van der Waals surface area contributed by atoms with Crippen LogP contribution >= 0.6 is 0 Å². The van der Waals surface area contributed by atoms with E-state index >= 15 is 0 Å². The van der Waals surface area contributed by atoms with Crippen LogP contribution in [0.5, 0.6) is 5.75 Å². The van der Waals surface area contributed by atoms with Gasteiger partial charge in [0.25, 0.3) is 5.91 Å². The third-order valence-electron chi connectivity index (χ3n) is 3.99. The summed E-state index contributed by atoms with van der Waals surface area (Å²) in [5.41, 5.74) is 1.64. The number of carbonyl (C=O) groups is 3. The summed E-state index contributed by atoms with van der Waals surface area (Å²) in [7, 11) is 1.54. The van der Waals surface area contributed by atoms with Crippen molar-refractivity contribution in [3.63, 3.8) is 0 Å². The molecule has 0 heterocycles. The average molecular weight is 381 g/mol. The Morgan fingerprint density at radius 2 is 1.71 bits per heavy atom. The Balaban J connectivity index is 1.85. The molecule has 2 aromatic carbocycles. The van der Waals surface area contributed by atoms with E-state index in [4.69, 9.17) is 9.47 Å². The summed E-state index contributed by atoms with van der Waals surface area (Å²) in [6.07, 6.45) is 3.15. The number of Topliss-reactive ketones (excluding diaryl/α,β-unsaturated/α-hetero) is 1. The van der Waals surface area contributed by atoms with Gasteiger partial charge in [0.15, 0.2) is 12.4 Å². The molecule has 0 bridgehead atoms. The number of esters is 1. The minimum Gasteiger partial charge on any atom is -0.496 e. The molecule has 2 rings (SSSR count). The van der Waals surface area contributed by atoms with E-state index in [1.165, 1.54) is 20.1 Å². The van der Waals surface area contributed by atoms with E-state index in [2.05, 4.69) is 5.32 Å². The second-order valence-corrected chi connectivity index (χ2v) is 6.10. The standard InChI is InChI=1S/C22H23NO5/c1-16(24)19(14-17-8-4-3-5-9-17)23-21(25)15-28-22(26)13-12-18-10-6-7-11-20(18)27-2/h3-13,19H,14-15H2,1-2H3,(H,23,25)/b13-12+/t19-/m0/s1. The second-order valence-electron chi connectivity index (χ2n) is 6.10. The zero-order valence-corrected chi connectivity index (χ0v) is 15.9. The number of hydrogen-bond donors (Lipinski definition) is 1. The number of hydrogen-bond acceptors (Lipinski definition) is 5. The smallest absolute Gasteiger partial charge is 0.331 e. The number of benzene rings is 2. The van der Waals surface area contributed by atoms with Crippen LogP contribution in [0.3, 0.4) is 0 Å². The van der Waals surface area contributed by atoms with Gasteiger partial charge in [0.2, 0.25) is 0 Å². The maximum atomic E-state index is 12.0. The lowest BCUT2D eigenvalue weighted by Gasteiger charge is -2.16. The van der Waals surface area contributed by atoms with Gasteiger partial charge in [-0.1, -0.05) is 48.5 Å². The molecular formula is C22H23NO5. The minimum absolute atomic E-state index is 0.167. The summed E-state index contributed by atoms with van der Waals surface area (Å²) < 4.78 is 10.1. The molecule has 2 aromatic rings. The number of ketones is 1. The maximum Gasteiger partial charge on any atom is 0.331 e. The monoisotopic (exact) mass is 381 g/mol. The van der Waals surface area contributed by atoms with Crippen LogP contribution in [0, 0.1) is 0 Å². The topological polar surface area (TPSA) is 81.7 Å². The fourth-order valence-corrected chi connectivity index (χ4v) is 2.53. The van der Waals surface area contributed by atoms with Crippen LogP contribution in [0.25, 0.3) is 6.08 Å². The summed E-state index contributed by atoms with van der Waals surface area (Å²) in [6.45, 7) is 0.948. The first-order chi connectivity index (χ1) is 13.5. The zero-order valence-electron chi connectivity index (χ0n) is 15.9. The molecule has 0 spiro atoms. The molecule has 0 radical (unpaired) electrons. The van der Waals surface area contributed by atoms with Crippen molar-refractivity contribution in [3.8, 4) is 5.75 Å². The Morgan fingerprint density at radius 1 is 1.04 bits per heavy atom. The normalized spacial score (nSPS) is 11.6. The summed E-state index contributed by atoms with van der Waals surface area (Å²) in [5, 5.41) is 2.60. The Morgan fingerprint density at radius 3 is 2.39 bits per heavy atom. The summed E-state index contributed by atoms with van der Waals surface area (Å²) in [4.78, 5) is 35.7. The van der Waals surface area contributed by atoms with Gasteiger partial charge >= 0.3 is 5.97 Å². The fourth-order valence-electron chi connectivity index (χ4n) is 2.53. The number of amides is 1. The zero-order chi connectivity index (χ0) is 20.4. The first-order valence-corrected chi connectivity index (χ1v) is 8.81. The van der Waals surface area contributed by atoms with E-state index in [9.17, 15) is 14.4 Å². The molecule has 0 aliphatic heterocycles. The molecule has 1 atom stereocenters. The van der Waals surface area contributed by atoms with Crippen LogP contribution in [0.15, 0.2) is 60.7 Å². The lowest BCUT2D eigenvalue weighted by Crippen LogP contribution is -2.43. The molecule has 146 valence electrons. The number of methoxy groups -OCH3 is 1. The van der Waals surface area contributed by atoms with Crippen molar-refractivity contribution in [3.05, 3.63) is 71.8 Å². The third kappa shape index (κ3) is 6.72. The van der Waals surface area contributed by atoms with Gasteiger partial charge in [-0.15, -0.1) is 0 Å². The van der Waals surface area contributed by atoms with E-state index < -0.39 is 24.5 Å². The molecule has 1 amide bonds. The van der Waals surface area contributed by atoms with Crippen LogP contribution in [-0.2, 0) is 25.5 Å². The van der Waals surface area contributed by atoms with Crippen molar-refractivity contribution < 1.29 is 23.9 Å². The number of nitrogens with one attached hydrogen (secondary N) is 1. The number of carbonyl (C=O) groups excluding carboxylic acids is 3. The molecule has 1 N–H and O–H groups in total. The molecule has 0 saturated heterocycles. The Bertz CT molecular complexity index is 845. The van der Waals surface area contributed by atoms with Gasteiger partial charge < -0.3 is 14.8 Å².